The number of carbonyl (C=O) groups is 2. The number of fused-ring (bicyclic) bond motifs is 1. The molecule has 7 heteroatoms. The van der Waals surface area contributed by atoms with E-state index in [1.54, 1.807) is 7.05 Å². The quantitative estimate of drug-likeness (QED) is 0.326. The first kappa shape index (κ1) is 26.3. The molecule has 0 radical (unpaired) electrons. The lowest BCUT2D eigenvalue weighted by atomic mass is 9.82. The Morgan fingerprint density at radius 1 is 0.974 bits per heavy atom. The van der Waals surface area contributed by atoms with Crippen molar-refractivity contribution in [2.75, 3.05) is 18.9 Å². The number of amides is 1. The second kappa shape index (κ2) is 12.0. The number of hydrogen-bond donors (Lipinski definition) is 2. The summed E-state index contributed by atoms with van der Waals surface area (Å²) >= 11 is 0. The highest BCUT2D eigenvalue weighted by Crippen LogP contribution is 2.40. The highest BCUT2D eigenvalue weighted by molar-refractivity contribution is 5.94. The van der Waals surface area contributed by atoms with Gasteiger partial charge in [0.1, 0.15) is 0 Å². The van der Waals surface area contributed by atoms with E-state index in [-0.39, 0.29) is 24.9 Å². The summed E-state index contributed by atoms with van der Waals surface area (Å²) in [6, 6.07) is 16.9. The second-order valence-corrected chi connectivity index (χ2v) is 11.1. The van der Waals surface area contributed by atoms with Gasteiger partial charge in [-0.15, -0.1) is 0 Å². The number of carboxylic acids is 1. The fourth-order valence-corrected chi connectivity index (χ4v) is 6.30. The van der Waals surface area contributed by atoms with Crippen molar-refractivity contribution in [2.24, 2.45) is 5.92 Å². The van der Waals surface area contributed by atoms with Crippen LogP contribution in [-0.4, -0.2) is 45.3 Å². The maximum Gasteiger partial charge on any atom is 0.305 e. The van der Waals surface area contributed by atoms with E-state index in [9.17, 15) is 9.59 Å². The molecule has 1 atom stereocenters. The van der Waals surface area contributed by atoms with E-state index in [0.29, 0.717) is 17.5 Å². The summed E-state index contributed by atoms with van der Waals surface area (Å²) in [6.45, 7) is 0.189. The van der Waals surface area contributed by atoms with Gasteiger partial charge in [-0.3, -0.25) is 14.3 Å². The van der Waals surface area contributed by atoms with Gasteiger partial charge >= 0.3 is 5.97 Å². The number of rotatable bonds is 9. The number of anilines is 1. The number of aromatic nitrogens is 2. The van der Waals surface area contributed by atoms with Crippen molar-refractivity contribution in [3.63, 3.8) is 0 Å². The third-order valence-electron chi connectivity index (χ3n) is 8.44. The van der Waals surface area contributed by atoms with E-state index in [1.165, 1.54) is 80.0 Å². The molecule has 1 amide bonds. The Kier molecular flexibility index (Phi) is 8.30. The van der Waals surface area contributed by atoms with Crippen molar-refractivity contribution in [1.82, 2.24) is 14.7 Å². The SMILES string of the molecule is CN(CCC(=O)O)C(=O)c1ccc(NC(c2nn(C3CCCCC3)c3ccccc23)C2CCCCC2)cc1. The molecule has 0 spiro atoms. The molecule has 2 aliphatic rings. The van der Waals surface area contributed by atoms with Crippen LogP contribution in [0.4, 0.5) is 5.69 Å². The lowest BCUT2D eigenvalue weighted by molar-refractivity contribution is -0.137. The van der Waals surface area contributed by atoms with Crippen LogP contribution in [0.2, 0.25) is 0 Å². The van der Waals surface area contributed by atoms with E-state index >= 15 is 0 Å². The summed E-state index contributed by atoms with van der Waals surface area (Å²) in [6.07, 6.45) is 12.4. The van der Waals surface area contributed by atoms with Crippen molar-refractivity contribution in [1.29, 1.82) is 0 Å². The van der Waals surface area contributed by atoms with E-state index in [1.807, 2.05) is 24.3 Å². The van der Waals surface area contributed by atoms with Crippen LogP contribution >= 0.6 is 0 Å². The molecule has 0 bridgehead atoms. The number of carbonyl (C=O) groups excluding carboxylic acids is 1. The number of nitrogens with one attached hydrogen (secondary N) is 1. The second-order valence-electron chi connectivity index (χ2n) is 11.1. The molecule has 38 heavy (non-hydrogen) atoms. The van der Waals surface area contributed by atoms with Crippen molar-refractivity contribution in [3.8, 4) is 0 Å². The minimum Gasteiger partial charge on any atom is -0.481 e. The highest BCUT2D eigenvalue weighted by Gasteiger charge is 2.30. The first-order valence-corrected chi connectivity index (χ1v) is 14.3. The van der Waals surface area contributed by atoms with Crippen LogP contribution in [-0.2, 0) is 4.79 Å². The fourth-order valence-electron chi connectivity index (χ4n) is 6.30. The molecule has 2 aliphatic carbocycles. The molecular weight excluding hydrogens is 476 g/mol. The zero-order chi connectivity index (χ0) is 26.5. The van der Waals surface area contributed by atoms with Gasteiger partial charge in [0, 0.05) is 30.2 Å². The zero-order valence-electron chi connectivity index (χ0n) is 22.4. The molecule has 2 aromatic carbocycles. The number of benzene rings is 2. The van der Waals surface area contributed by atoms with E-state index < -0.39 is 5.97 Å². The zero-order valence-corrected chi connectivity index (χ0v) is 22.4. The average Bonchev–Trinajstić information content (AvgIpc) is 3.35. The van der Waals surface area contributed by atoms with Crippen LogP contribution in [0.25, 0.3) is 10.9 Å². The number of aliphatic carboxylic acids is 1. The third-order valence-corrected chi connectivity index (χ3v) is 8.44. The average molecular weight is 517 g/mol. The Balaban J connectivity index is 1.42. The van der Waals surface area contributed by atoms with Gasteiger partial charge < -0.3 is 15.3 Å². The van der Waals surface area contributed by atoms with Crippen LogP contribution in [0, 0.1) is 5.92 Å². The predicted octanol–water partition coefficient (Wildman–Crippen LogP) is 6.82. The highest BCUT2D eigenvalue weighted by atomic mass is 16.4. The van der Waals surface area contributed by atoms with Crippen LogP contribution < -0.4 is 5.32 Å². The first-order valence-electron chi connectivity index (χ1n) is 14.3. The van der Waals surface area contributed by atoms with Crippen molar-refractivity contribution in [3.05, 3.63) is 59.8 Å². The number of nitrogens with zero attached hydrogens (tertiary/aromatic N) is 3. The van der Waals surface area contributed by atoms with Crippen LogP contribution in [0.15, 0.2) is 48.5 Å². The lowest BCUT2D eigenvalue weighted by Crippen LogP contribution is -2.29. The number of carboxylic acid groups (broad SMARTS) is 1. The van der Waals surface area contributed by atoms with Gasteiger partial charge in [-0.25, -0.2) is 0 Å². The lowest BCUT2D eigenvalue weighted by Gasteiger charge is -2.31. The van der Waals surface area contributed by atoms with Gasteiger partial charge in [0.25, 0.3) is 5.91 Å². The molecule has 3 aromatic rings. The largest absolute Gasteiger partial charge is 0.481 e. The number of hydrogen-bond acceptors (Lipinski definition) is 4. The first-order chi connectivity index (χ1) is 18.5. The topological polar surface area (TPSA) is 87.5 Å². The minimum absolute atomic E-state index is 0.0631. The molecule has 1 heterocycles. The maximum absolute atomic E-state index is 12.8. The van der Waals surface area contributed by atoms with Crippen LogP contribution in [0.5, 0.6) is 0 Å². The van der Waals surface area contributed by atoms with E-state index in [4.69, 9.17) is 10.2 Å². The van der Waals surface area contributed by atoms with Gasteiger partial charge in [0.05, 0.1) is 29.7 Å². The van der Waals surface area contributed by atoms with Crippen LogP contribution in [0.1, 0.15) is 98.8 Å². The van der Waals surface area contributed by atoms with Gasteiger partial charge in [-0.1, -0.05) is 56.7 Å². The third kappa shape index (κ3) is 5.87. The summed E-state index contributed by atoms with van der Waals surface area (Å²) < 4.78 is 2.32. The maximum atomic E-state index is 12.8. The molecule has 5 rings (SSSR count). The van der Waals surface area contributed by atoms with Gasteiger partial charge in [0.2, 0.25) is 0 Å². The molecule has 0 aliphatic heterocycles. The Labute approximate surface area is 225 Å². The Morgan fingerprint density at radius 3 is 2.32 bits per heavy atom. The predicted molar refractivity (Wildman–Crippen MR) is 150 cm³/mol. The van der Waals surface area contributed by atoms with Gasteiger partial charge in [-0.05, 0) is 61.9 Å². The summed E-state index contributed by atoms with van der Waals surface area (Å²) in [4.78, 5) is 25.1. The Bertz CT molecular complexity index is 1240. The van der Waals surface area contributed by atoms with Gasteiger partial charge in [-0.2, -0.15) is 5.10 Å². The molecule has 2 fully saturated rings. The van der Waals surface area contributed by atoms with Crippen molar-refractivity contribution in [2.45, 2.75) is 82.7 Å². The summed E-state index contributed by atoms with van der Waals surface area (Å²) in [5.41, 5.74) is 3.92. The molecule has 2 N–H and O–H groups in total. The van der Waals surface area contributed by atoms with Crippen molar-refractivity contribution >= 4 is 28.5 Å². The smallest absolute Gasteiger partial charge is 0.305 e. The normalized spacial score (nSPS) is 17.8. The molecular formula is C31H40N4O3. The van der Waals surface area contributed by atoms with E-state index in [0.717, 1.165) is 11.4 Å². The summed E-state index contributed by atoms with van der Waals surface area (Å²) in [5.74, 6) is -0.569. The molecule has 1 unspecified atom stereocenters. The van der Waals surface area contributed by atoms with E-state index in [2.05, 4.69) is 34.3 Å². The number of para-hydroxylation sites is 1. The fraction of sp³-hybridized carbons (Fsp3) is 0.516. The van der Waals surface area contributed by atoms with Crippen molar-refractivity contribution < 1.29 is 14.7 Å². The van der Waals surface area contributed by atoms with Crippen LogP contribution in [0.3, 0.4) is 0 Å². The van der Waals surface area contributed by atoms with Gasteiger partial charge in [0.15, 0.2) is 0 Å². The Hall–Kier alpha value is -3.35. The summed E-state index contributed by atoms with van der Waals surface area (Å²) in [5, 5.41) is 19.3. The molecule has 0 saturated heterocycles. The molecule has 1 aromatic heterocycles. The molecule has 7 nitrogen and oxygen atoms in total. The Morgan fingerprint density at radius 2 is 1.63 bits per heavy atom. The monoisotopic (exact) mass is 516 g/mol. The molecule has 202 valence electrons. The molecule has 2 saturated carbocycles. The minimum atomic E-state index is -0.906. The standard InChI is InChI=1S/C31H40N4O3/c1-34(21-20-28(36)37)31(38)23-16-18-24(19-17-23)32-29(22-10-4-2-5-11-22)30-26-14-8-9-15-27(26)35(33-30)25-12-6-3-7-13-25/h8-9,14-19,22,25,29,32H,2-7,10-13,20-21H2,1H3,(H,36,37). The summed E-state index contributed by atoms with van der Waals surface area (Å²) in [7, 11) is 1.64.